The van der Waals surface area contributed by atoms with Crippen LogP contribution in [0.15, 0.2) is 24.3 Å². The highest BCUT2D eigenvalue weighted by Crippen LogP contribution is 2.35. The number of rotatable bonds is 6. The van der Waals surface area contributed by atoms with Gasteiger partial charge in [-0.3, -0.25) is 24.9 Å². The highest BCUT2D eigenvalue weighted by atomic mass is 32.1. The van der Waals surface area contributed by atoms with Crippen LogP contribution in [-0.2, 0) is 6.54 Å². The second kappa shape index (κ2) is 8.93. The van der Waals surface area contributed by atoms with E-state index in [4.69, 9.17) is 0 Å². The van der Waals surface area contributed by atoms with Crippen LogP contribution in [0.4, 0.5) is 10.8 Å². The molecule has 1 N–H and O–H groups in total. The van der Waals surface area contributed by atoms with E-state index in [2.05, 4.69) is 20.6 Å². The van der Waals surface area contributed by atoms with Gasteiger partial charge in [0.1, 0.15) is 16.4 Å². The van der Waals surface area contributed by atoms with E-state index >= 15 is 0 Å². The maximum absolute atomic E-state index is 12.6. The summed E-state index contributed by atoms with van der Waals surface area (Å²) in [7, 11) is 0. The quantitative estimate of drug-likeness (QED) is 0.442. The summed E-state index contributed by atoms with van der Waals surface area (Å²) in [5, 5.41) is 28.2. The second-order valence-corrected chi connectivity index (χ2v) is 8.87. The molecule has 0 spiro atoms. The van der Waals surface area contributed by atoms with Crippen LogP contribution in [0.2, 0.25) is 0 Å². The van der Waals surface area contributed by atoms with E-state index in [0.717, 1.165) is 23.4 Å². The number of nitrogens with one attached hydrogen (secondary N) is 1. The molecule has 2 heterocycles. The van der Waals surface area contributed by atoms with Crippen molar-refractivity contribution in [2.45, 2.75) is 58.4 Å². The molecule has 2 aromatic heterocycles. The average molecular weight is 441 g/mol. The molecule has 1 aliphatic carbocycles. The lowest BCUT2D eigenvalue weighted by Crippen LogP contribution is -2.12. The third-order valence-electron chi connectivity index (χ3n) is 5.69. The zero-order chi connectivity index (χ0) is 22.0. The van der Waals surface area contributed by atoms with Gasteiger partial charge in [0.2, 0.25) is 5.13 Å². The lowest BCUT2D eigenvalue weighted by Gasteiger charge is -2.18. The summed E-state index contributed by atoms with van der Waals surface area (Å²) >= 11 is 1.45. The predicted octanol–water partition coefficient (Wildman–Crippen LogP) is 4.61. The van der Waals surface area contributed by atoms with Crippen LogP contribution < -0.4 is 5.32 Å². The fraction of sp³-hybridized carbons (Fsp3) is 0.429. The van der Waals surface area contributed by atoms with E-state index in [1.807, 2.05) is 12.1 Å². The molecule has 1 saturated carbocycles. The Morgan fingerprint density at radius 3 is 2.55 bits per heavy atom. The molecule has 0 atom stereocenters. The normalized spacial score (nSPS) is 14.5. The standard InChI is InChI=1S/C21H24N6O3S/c1-13-18(27(29)30)14(2)26(25-13)12-15-8-10-16(11-9-15)19(28)22-21-24-23-20(31-21)17-6-4-3-5-7-17/h8-11,17H,3-7,12H2,1-2H3,(H,22,24,28). The average Bonchev–Trinajstić information content (AvgIpc) is 3.33. The highest BCUT2D eigenvalue weighted by molar-refractivity contribution is 7.15. The number of nitrogens with zero attached hydrogens (tertiary/aromatic N) is 5. The lowest BCUT2D eigenvalue weighted by molar-refractivity contribution is -0.386. The number of benzene rings is 1. The number of carbonyl (C=O) groups excluding carboxylic acids is 1. The van der Waals surface area contributed by atoms with E-state index in [-0.39, 0.29) is 11.6 Å². The zero-order valence-corrected chi connectivity index (χ0v) is 18.3. The molecule has 1 fully saturated rings. The Hall–Kier alpha value is -3.14. The van der Waals surface area contributed by atoms with Crippen molar-refractivity contribution in [1.29, 1.82) is 0 Å². The van der Waals surface area contributed by atoms with Crippen molar-refractivity contribution in [2.75, 3.05) is 5.32 Å². The van der Waals surface area contributed by atoms with Gasteiger partial charge in [-0.05, 0) is 44.4 Å². The van der Waals surface area contributed by atoms with Crippen LogP contribution in [0, 0.1) is 24.0 Å². The molecule has 0 radical (unpaired) electrons. The molecule has 0 aliphatic heterocycles. The van der Waals surface area contributed by atoms with Gasteiger partial charge in [0.25, 0.3) is 5.91 Å². The summed E-state index contributed by atoms with van der Waals surface area (Å²) in [6.45, 7) is 3.70. The molecule has 0 saturated heterocycles. The monoisotopic (exact) mass is 440 g/mol. The van der Waals surface area contributed by atoms with Crippen molar-refractivity contribution in [1.82, 2.24) is 20.0 Å². The van der Waals surface area contributed by atoms with Gasteiger partial charge < -0.3 is 0 Å². The Morgan fingerprint density at radius 1 is 1.19 bits per heavy atom. The first-order chi connectivity index (χ1) is 14.9. The summed E-state index contributed by atoms with van der Waals surface area (Å²) in [4.78, 5) is 23.3. The first-order valence-corrected chi connectivity index (χ1v) is 11.2. The molecule has 10 heteroatoms. The predicted molar refractivity (Wildman–Crippen MR) is 118 cm³/mol. The fourth-order valence-electron chi connectivity index (χ4n) is 4.01. The Balaban J connectivity index is 1.40. The van der Waals surface area contributed by atoms with Gasteiger partial charge in [0.05, 0.1) is 11.5 Å². The second-order valence-electron chi connectivity index (χ2n) is 7.87. The summed E-state index contributed by atoms with van der Waals surface area (Å²) in [6, 6.07) is 7.11. The van der Waals surface area contributed by atoms with E-state index < -0.39 is 4.92 Å². The maximum atomic E-state index is 12.6. The third-order valence-corrected chi connectivity index (χ3v) is 6.69. The van der Waals surface area contributed by atoms with Gasteiger partial charge >= 0.3 is 5.69 Å². The number of nitro groups is 1. The van der Waals surface area contributed by atoms with Crippen molar-refractivity contribution >= 4 is 28.1 Å². The molecule has 9 nitrogen and oxygen atoms in total. The molecule has 31 heavy (non-hydrogen) atoms. The minimum atomic E-state index is -0.408. The van der Waals surface area contributed by atoms with Crippen molar-refractivity contribution in [2.24, 2.45) is 0 Å². The number of amides is 1. The molecule has 0 bridgehead atoms. The smallest absolute Gasteiger partial charge is 0.296 e. The van der Waals surface area contributed by atoms with Gasteiger partial charge in [0.15, 0.2) is 0 Å². The Kier molecular flexibility index (Phi) is 6.08. The van der Waals surface area contributed by atoms with Crippen molar-refractivity contribution in [3.05, 3.63) is 61.9 Å². The Morgan fingerprint density at radius 2 is 1.90 bits per heavy atom. The van der Waals surface area contributed by atoms with E-state index in [9.17, 15) is 14.9 Å². The largest absolute Gasteiger partial charge is 0.312 e. The number of carbonyl (C=O) groups is 1. The number of aryl methyl sites for hydroxylation is 1. The van der Waals surface area contributed by atoms with Crippen LogP contribution in [0.1, 0.15) is 70.3 Å². The molecule has 3 aromatic rings. The topological polar surface area (TPSA) is 116 Å². The number of aromatic nitrogens is 4. The third kappa shape index (κ3) is 4.63. The molecule has 0 unspecified atom stereocenters. The molecular weight excluding hydrogens is 416 g/mol. The number of anilines is 1. The van der Waals surface area contributed by atoms with Crippen LogP contribution >= 0.6 is 11.3 Å². The maximum Gasteiger partial charge on any atom is 0.312 e. The van der Waals surface area contributed by atoms with Crippen molar-refractivity contribution in [3.63, 3.8) is 0 Å². The van der Waals surface area contributed by atoms with Crippen LogP contribution in [0.5, 0.6) is 0 Å². The van der Waals surface area contributed by atoms with Gasteiger partial charge in [0, 0.05) is 11.5 Å². The van der Waals surface area contributed by atoms with Gasteiger partial charge in [-0.2, -0.15) is 5.10 Å². The fourth-order valence-corrected chi connectivity index (χ4v) is 4.92. The first kappa shape index (κ1) is 21.1. The lowest BCUT2D eigenvalue weighted by atomic mass is 9.90. The minimum Gasteiger partial charge on any atom is -0.296 e. The minimum absolute atomic E-state index is 0.0423. The zero-order valence-electron chi connectivity index (χ0n) is 17.5. The van der Waals surface area contributed by atoms with Crippen molar-refractivity contribution in [3.8, 4) is 0 Å². The van der Waals surface area contributed by atoms with Crippen LogP contribution in [0.3, 0.4) is 0 Å². The summed E-state index contributed by atoms with van der Waals surface area (Å²) < 4.78 is 1.61. The number of hydrogen-bond acceptors (Lipinski definition) is 7. The van der Waals surface area contributed by atoms with Crippen LogP contribution in [-0.4, -0.2) is 30.8 Å². The van der Waals surface area contributed by atoms with Gasteiger partial charge in [-0.15, -0.1) is 10.2 Å². The molecule has 4 rings (SSSR count). The molecule has 1 aliphatic rings. The molecule has 1 aromatic carbocycles. The molecule has 1 amide bonds. The molecular formula is C21H24N6O3S. The molecule has 162 valence electrons. The van der Waals surface area contributed by atoms with E-state index in [0.29, 0.717) is 34.5 Å². The van der Waals surface area contributed by atoms with Gasteiger partial charge in [-0.1, -0.05) is 42.7 Å². The SMILES string of the molecule is Cc1nn(Cc2ccc(C(=O)Nc3nnc(C4CCCCC4)s3)cc2)c(C)c1[N+](=O)[O-]. The highest BCUT2D eigenvalue weighted by Gasteiger charge is 2.22. The van der Waals surface area contributed by atoms with E-state index in [1.54, 1.807) is 30.7 Å². The Labute approximate surface area is 183 Å². The Bertz CT molecular complexity index is 1100. The summed E-state index contributed by atoms with van der Waals surface area (Å²) in [5.74, 6) is 0.223. The summed E-state index contributed by atoms with van der Waals surface area (Å²) in [5.41, 5.74) is 2.35. The summed E-state index contributed by atoms with van der Waals surface area (Å²) in [6.07, 6.45) is 6.02. The first-order valence-electron chi connectivity index (χ1n) is 10.3. The van der Waals surface area contributed by atoms with Crippen LogP contribution in [0.25, 0.3) is 0 Å². The van der Waals surface area contributed by atoms with Crippen molar-refractivity contribution < 1.29 is 9.72 Å². The number of hydrogen-bond donors (Lipinski definition) is 1. The van der Waals surface area contributed by atoms with E-state index in [1.165, 1.54) is 30.6 Å². The van der Waals surface area contributed by atoms with Gasteiger partial charge in [-0.25, -0.2) is 0 Å².